The number of pyridine rings is 1. The average Bonchev–Trinajstić information content (AvgIpc) is 3.27. The molecule has 218 valence electrons. The van der Waals surface area contributed by atoms with Crippen LogP contribution in [0.1, 0.15) is 0 Å². The van der Waals surface area contributed by atoms with Crippen molar-refractivity contribution in [3.63, 3.8) is 0 Å². The van der Waals surface area contributed by atoms with Crippen LogP contribution in [0.4, 0.5) is 5.69 Å². The Labute approximate surface area is 239 Å². The van der Waals surface area contributed by atoms with Gasteiger partial charge in [-0.2, -0.15) is 4.98 Å². The maximum absolute atomic E-state index is 14.2. The molecule has 0 spiro atoms. The van der Waals surface area contributed by atoms with Gasteiger partial charge in [-0.05, 0) is 37.4 Å². The van der Waals surface area contributed by atoms with Gasteiger partial charge in [0.25, 0.3) is 10.0 Å². The van der Waals surface area contributed by atoms with Gasteiger partial charge in [0.05, 0.1) is 32.2 Å². The molecule has 3 heterocycles. The number of carbonyl (C=O) groups excluding carboxylic acids is 1. The Morgan fingerprint density at radius 1 is 0.927 bits per heavy atom. The summed E-state index contributed by atoms with van der Waals surface area (Å²) in [5.74, 6) is -0.0504. The van der Waals surface area contributed by atoms with Crippen LogP contribution in [0.2, 0.25) is 0 Å². The first-order valence-electron chi connectivity index (χ1n) is 13.4. The molecular formula is C29H35N5O6S. The Morgan fingerprint density at radius 2 is 1.66 bits per heavy atom. The summed E-state index contributed by atoms with van der Waals surface area (Å²) in [5, 5.41) is 1.78. The van der Waals surface area contributed by atoms with E-state index in [2.05, 4.69) is 9.88 Å². The standard InChI is InChI=1S/C29H35N5O6S/c1-31-13-15-33(16-14-31)20-28(35)40-18-17-34(26-11-12-27(38-3)30-29(26)39-4)41(36,37)21-9-10-25-23(19-21)22-7-5-6-8-24(22)32(25)2/h5-12,19H,13-18,20H2,1-4H3. The van der Waals surface area contributed by atoms with Crippen molar-refractivity contribution < 1.29 is 27.4 Å². The smallest absolute Gasteiger partial charge is 0.320 e. The first-order chi connectivity index (χ1) is 19.7. The summed E-state index contributed by atoms with van der Waals surface area (Å²) in [6.45, 7) is 3.20. The zero-order valence-electron chi connectivity index (χ0n) is 23.7. The number of esters is 1. The maximum atomic E-state index is 14.2. The third kappa shape index (κ3) is 5.81. The molecule has 0 saturated carbocycles. The number of ether oxygens (including phenoxy) is 3. The summed E-state index contributed by atoms with van der Waals surface area (Å²) in [5.41, 5.74) is 2.13. The zero-order valence-corrected chi connectivity index (χ0v) is 24.6. The number of carbonyl (C=O) groups is 1. The Morgan fingerprint density at radius 3 is 2.39 bits per heavy atom. The molecule has 1 aliphatic rings. The second-order valence-corrected chi connectivity index (χ2v) is 11.9. The number of fused-ring (bicyclic) bond motifs is 3. The molecule has 1 aliphatic heterocycles. The van der Waals surface area contributed by atoms with E-state index in [9.17, 15) is 13.2 Å². The molecule has 0 bridgehead atoms. The number of sulfonamides is 1. The number of hydrogen-bond acceptors (Lipinski definition) is 9. The van der Waals surface area contributed by atoms with E-state index in [1.165, 1.54) is 18.5 Å². The first kappa shape index (κ1) is 28.7. The van der Waals surface area contributed by atoms with E-state index in [-0.39, 0.29) is 42.0 Å². The fourth-order valence-corrected chi connectivity index (χ4v) is 6.63. The molecule has 4 aromatic rings. The van der Waals surface area contributed by atoms with Crippen LogP contribution in [-0.2, 0) is 26.6 Å². The molecule has 0 N–H and O–H groups in total. The van der Waals surface area contributed by atoms with Gasteiger partial charge in [-0.15, -0.1) is 0 Å². The average molecular weight is 582 g/mol. The van der Waals surface area contributed by atoms with Crippen LogP contribution >= 0.6 is 0 Å². The molecule has 1 fully saturated rings. The van der Waals surface area contributed by atoms with E-state index in [4.69, 9.17) is 14.2 Å². The summed E-state index contributed by atoms with van der Waals surface area (Å²) >= 11 is 0. The van der Waals surface area contributed by atoms with E-state index < -0.39 is 16.0 Å². The molecule has 12 heteroatoms. The second-order valence-electron chi connectivity index (χ2n) is 10.0. The van der Waals surface area contributed by atoms with E-state index >= 15 is 0 Å². The van der Waals surface area contributed by atoms with Gasteiger partial charge in [-0.25, -0.2) is 8.42 Å². The summed E-state index contributed by atoms with van der Waals surface area (Å²) in [6.07, 6.45) is 0. The van der Waals surface area contributed by atoms with E-state index in [1.54, 1.807) is 30.3 Å². The number of hydrogen-bond donors (Lipinski definition) is 0. The van der Waals surface area contributed by atoms with Crippen LogP contribution in [0.15, 0.2) is 59.5 Å². The quantitative estimate of drug-likeness (QED) is 0.261. The van der Waals surface area contributed by atoms with Crippen LogP contribution in [0.3, 0.4) is 0 Å². The van der Waals surface area contributed by atoms with Crippen LogP contribution in [0, 0.1) is 0 Å². The SMILES string of the molecule is COc1ccc(N(CCOC(=O)CN2CCN(C)CC2)S(=O)(=O)c2ccc3c(c2)c2ccccc2n3C)c(OC)n1. The number of nitrogens with zero attached hydrogens (tertiary/aromatic N) is 5. The molecule has 0 atom stereocenters. The fourth-order valence-electron chi connectivity index (χ4n) is 5.15. The van der Waals surface area contributed by atoms with Crippen molar-refractivity contribution in [2.24, 2.45) is 7.05 Å². The summed E-state index contributed by atoms with van der Waals surface area (Å²) < 4.78 is 47.8. The predicted molar refractivity (Wildman–Crippen MR) is 157 cm³/mol. The van der Waals surface area contributed by atoms with Gasteiger partial charge in [0, 0.05) is 61.1 Å². The number of para-hydroxylation sites is 1. The van der Waals surface area contributed by atoms with Crippen molar-refractivity contribution in [3.8, 4) is 11.8 Å². The highest BCUT2D eigenvalue weighted by Gasteiger charge is 2.30. The normalized spacial score (nSPS) is 14.8. The molecule has 41 heavy (non-hydrogen) atoms. The Kier molecular flexibility index (Phi) is 8.34. The predicted octanol–water partition coefficient (Wildman–Crippen LogP) is 2.73. The van der Waals surface area contributed by atoms with Gasteiger partial charge < -0.3 is 23.7 Å². The number of methoxy groups -OCH3 is 2. The summed E-state index contributed by atoms with van der Waals surface area (Å²) in [7, 11) is 2.75. The van der Waals surface area contributed by atoms with Gasteiger partial charge in [0.15, 0.2) is 0 Å². The van der Waals surface area contributed by atoms with Crippen LogP contribution in [0.25, 0.3) is 21.8 Å². The van der Waals surface area contributed by atoms with Crippen molar-refractivity contribution in [1.29, 1.82) is 0 Å². The highest BCUT2D eigenvalue weighted by molar-refractivity contribution is 7.92. The molecule has 0 unspecified atom stereocenters. The first-order valence-corrected chi connectivity index (χ1v) is 14.8. The monoisotopic (exact) mass is 581 g/mol. The summed E-state index contributed by atoms with van der Waals surface area (Å²) in [6, 6.07) is 16.1. The van der Waals surface area contributed by atoms with Crippen molar-refractivity contribution in [3.05, 3.63) is 54.6 Å². The third-order valence-electron chi connectivity index (χ3n) is 7.46. The molecule has 2 aromatic heterocycles. The highest BCUT2D eigenvalue weighted by Crippen LogP contribution is 2.35. The minimum Gasteiger partial charge on any atom is -0.481 e. The number of likely N-dealkylation sites (N-methyl/N-ethyl adjacent to an activating group) is 1. The van der Waals surface area contributed by atoms with E-state index in [0.717, 1.165) is 48.0 Å². The topological polar surface area (TPSA) is 106 Å². The largest absolute Gasteiger partial charge is 0.481 e. The number of piperazine rings is 1. The lowest BCUT2D eigenvalue weighted by atomic mass is 10.1. The lowest BCUT2D eigenvalue weighted by molar-refractivity contribution is -0.145. The van der Waals surface area contributed by atoms with Gasteiger partial charge in [0.2, 0.25) is 11.8 Å². The molecule has 2 aromatic carbocycles. The Bertz CT molecular complexity index is 1660. The number of aryl methyl sites for hydroxylation is 1. The van der Waals surface area contributed by atoms with Crippen LogP contribution in [0.5, 0.6) is 11.8 Å². The lowest BCUT2D eigenvalue weighted by Gasteiger charge is -2.31. The Hall–Kier alpha value is -3.87. The van der Waals surface area contributed by atoms with Crippen molar-refractivity contribution in [2.75, 3.05) is 71.4 Å². The van der Waals surface area contributed by atoms with Gasteiger partial charge in [0.1, 0.15) is 12.3 Å². The minimum absolute atomic E-state index is 0.0722. The zero-order chi connectivity index (χ0) is 29.1. The summed E-state index contributed by atoms with van der Waals surface area (Å²) in [4.78, 5) is 21.2. The number of rotatable bonds is 10. The third-order valence-corrected chi connectivity index (χ3v) is 9.27. The van der Waals surface area contributed by atoms with E-state index in [0.29, 0.717) is 0 Å². The van der Waals surface area contributed by atoms with Crippen molar-refractivity contribution in [2.45, 2.75) is 4.90 Å². The molecule has 5 rings (SSSR count). The minimum atomic E-state index is -4.13. The maximum Gasteiger partial charge on any atom is 0.320 e. The van der Waals surface area contributed by atoms with Gasteiger partial charge in [-0.1, -0.05) is 18.2 Å². The highest BCUT2D eigenvalue weighted by atomic mass is 32.2. The van der Waals surface area contributed by atoms with Crippen molar-refractivity contribution >= 4 is 43.5 Å². The second kappa shape index (κ2) is 11.9. The van der Waals surface area contributed by atoms with Crippen molar-refractivity contribution in [1.82, 2.24) is 19.4 Å². The molecule has 0 amide bonds. The molecular weight excluding hydrogens is 546 g/mol. The Balaban J connectivity index is 1.45. The van der Waals surface area contributed by atoms with E-state index in [1.807, 2.05) is 47.8 Å². The number of benzene rings is 2. The van der Waals surface area contributed by atoms with Gasteiger partial charge in [-0.3, -0.25) is 14.0 Å². The van der Waals surface area contributed by atoms with Crippen LogP contribution in [-0.4, -0.2) is 101 Å². The molecule has 11 nitrogen and oxygen atoms in total. The number of anilines is 1. The molecule has 1 saturated heterocycles. The molecule has 0 radical (unpaired) electrons. The lowest BCUT2D eigenvalue weighted by Crippen LogP contribution is -2.46. The fraction of sp³-hybridized carbons (Fsp3) is 0.379. The number of aromatic nitrogens is 2. The van der Waals surface area contributed by atoms with Crippen LogP contribution < -0.4 is 13.8 Å². The van der Waals surface area contributed by atoms with Gasteiger partial charge >= 0.3 is 5.97 Å². The molecule has 0 aliphatic carbocycles.